The number of hydrogen-bond acceptors (Lipinski definition) is 2. The van der Waals surface area contributed by atoms with Gasteiger partial charge in [-0.15, -0.1) is 0 Å². The van der Waals surface area contributed by atoms with Gasteiger partial charge in [0.15, 0.2) is 0 Å². The van der Waals surface area contributed by atoms with E-state index in [0.717, 1.165) is 19.4 Å². The van der Waals surface area contributed by atoms with Gasteiger partial charge in [0.2, 0.25) is 0 Å². The summed E-state index contributed by atoms with van der Waals surface area (Å²) in [6.07, 6.45) is 1.77. The molecule has 8 heavy (non-hydrogen) atoms. The summed E-state index contributed by atoms with van der Waals surface area (Å²) in [4.78, 5) is 0. The smallest absolute Gasteiger partial charge is 0.0586 e. The van der Waals surface area contributed by atoms with Crippen molar-refractivity contribution >= 4 is 0 Å². The van der Waals surface area contributed by atoms with Crippen molar-refractivity contribution in [1.82, 2.24) is 0 Å². The van der Waals surface area contributed by atoms with Crippen LogP contribution in [0.1, 0.15) is 19.8 Å². The third-order valence-corrected chi connectivity index (χ3v) is 1.46. The lowest BCUT2D eigenvalue weighted by atomic mass is 10.1. The van der Waals surface area contributed by atoms with Crippen LogP contribution in [0.3, 0.4) is 0 Å². The summed E-state index contributed by atoms with van der Waals surface area (Å²) in [7, 11) is 0. The molecule has 48 valence electrons. The van der Waals surface area contributed by atoms with Crippen molar-refractivity contribution in [2.75, 3.05) is 6.61 Å². The first-order valence-electron chi connectivity index (χ1n) is 3.08. The number of ether oxygens (including phenoxy) is 1. The van der Waals surface area contributed by atoms with E-state index in [1.165, 1.54) is 0 Å². The molecule has 0 aromatic heterocycles. The predicted molar refractivity (Wildman–Crippen MR) is 30.7 cm³/mol. The minimum absolute atomic E-state index is 0.112. The van der Waals surface area contributed by atoms with E-state index in [-0.39, 0.29) is 12.2 Å². The molecule has 1 heterocycles. The molecule has 1 rings (SSSR count). The molecule has 2 atom stereocenters. The van der Waals surface area contributed by atoms with Crippen LogP contribution in [0.15, 0.2) is 0 Å². The van der Waals surface area contributed by atoms with Crippen molar-refractivity contribution in [1.29, 1.82) is 0 Å². The van der Waals surface area contributed by atoms with E-state index in [0.29, 0.717) is 0 Å². The first-order chi connectivity index (χ1) is 3.79. The zero-order valence-electron chi connectivity index (χ0n) is 5.13. The largest absolute Gasteiger partial charge is 0.393 e. The Morgan fingerprint density at radius 3 is 2.75 bits per heavy atom. The third-order valence-electron chi connectivity index (χ3n) is 1.46. The van der Waals surface area contributed by atoms with Crippen LogP contribution in [0.2, 0.25) is 0 Å². The SMILES string of the molecule is C[C@@H]1C[C@@H](O)CCO1. The summed E-state index contributed by atoms with van der Waals surface area (Å²) in [5.74, 6) is 0. The lowest BCUT2D eigenvalue weighted by Gasteiger charge is -2.22. The van der Waals surface area contributed by atoms with Gasteiger partial charge in [0.05, 0.1) is 12.2 Å². The van der Waals surface area contributed by atoms with Crippen molar-refractivity contribution in [3.05, 3.63) is 0 Å². The molecule has 1 aliphatic heterocycles. The van der Waals surface area contributed by atoms with Crippen molar-refractivity contribution in [3.8, 4) is 0 Å². The monoisotopic (exact) mass is 116 g/mol. The Labute approximate surface area is 49.5 Å². The highest BCUT2D eigenvalue weighted by atomic mass is 16.5. The average Bonchev–Trinajstić information content (AvgIpc) is 1.64. The van der Waals surface area contributed by atoms with E-state index >= 15 is 0 Å². The zero-order chi connectivity index (χ0) is 5.98. The Balaban J connectivity index is 2.23. The molecular formula is C6H12O2. The van der Waals surface area contributed by atoms with Crippen LogP contribution >= 0.6 is 0 Å². The van der Waals surface area contributed by atoms with Crippen molar-refractivity contribution in [3.63, 3.8) is 0 Å². The maximum atomic E-state index is 9.00. The Morgan fingerprint density at radius 1 is 1.62 bits per heavy atom. The summed E-state index contributed by atoms with van der Waals surface area (Å²) >= 11 is 0. The Bertz CT molecular complexity index is 64.9. The van der Waals surface area contributed by atoms with Gasteiger partial charge >= 0.3 is 0 Å². The van der Waals surface area contributed by atoms with E-state index in [1.54, 1.807) is 0 Å². The van der Waals surface area contributed by atoms with Crippen molar-refractivity contribution in [2.24, 2.45) is 0 Å². The summed E-state index contributed by atoms with van der Waals surface area (Å²) in [6, 6.07) is 0. The van der Waals surface area contributed by atoms with Gasteiger partial charge in [-0.3, -0.25) is 0 Å². The standard InChI is InChI=1S/C6H12O2/c1-5-4-6(7)2-3-8-5/h5-7H,2-4H2,1H3/t5-,6+/m1/s1. The van der Waals surface area contributed by atoms with E-state index in [2.05, 4.69) is 0 Å². The quantitative estimate of drug-likeness (QED) is 0.500. The van der Waals surface area contributed by atoms with Crippen LogP contribution < -0.4 is 0 Å². The second-order valence-corrected chi connectivity index (χ2v) is 2.36. The molecule has 0 aromatic carbocycles. The average molecular weight is 116 g/mol. The predicted octanol–water partition coefficient (Wildman–Crippen LogP) is 0.546. The molecule has 1 saturated heterocycles. The van der Waals surface area contributed by atoms with Gasteiger partial charge in [-0.25, -0.2) is 0 Å². The summed E-state index contributed by atoms with van der Waals surface area (Å²) in [6.45, 7) is 2.71. The molecule has 1 N–H and O–H groups in total. The van der Waals surface area contributed by atoms with E-state index in [9.17, 15) is 0 Å². The normalized spacial score (nSPS) is 39.8. The second kappa shape index (κ2) is 2.46. The molecule has 0 saturated carbocycles. The molecule has 1 aliphatic rings. The Morgan fingerprint density at radius 2 is 2.38 bits per heavy atom. The van der Waals surface area contributed by atoms with Gasteiger partial charge in [0.1, 0.15) is 0 Å². The molecule has 0 spiro atoms. The molecule has 0 unspecified atom stereocenters. The minimum atomic E-state index is -0.112. The van der Waals surface area contributed by atoms with E-state index in [1.807, 2.05) is 6.92 Å². The molecule has 2 nitrogen and oxygen atoms in total. The summed E-state index contributed by atoms with van der Waals surface area (Å²) in [5, 5.41) is 9.00. The van der Waals surface area contributed by atoms with Crippen LogP contribution in [-0.4, -0.2) is 23.9 Å². The first-order valence-corrected chi connectivity index (χ1v) is 3.08. The highest BCUT2D eigenvalue weighted by Gasteiger charge is 2.15. The first kappa shape index (κ1) is 6.05. The van der Waals surface area contributed by atoms with Gasteiger partial charge < -0.3 is 9.84 Å². The van der Waals surface area contributed by atoms with Gasteiger partial charge in [0.25, 0.3) is 0 Å². The van der Waals surface area contributed by atoms with Crippen LogP contribution in [0.4, 0.5) is 0 Å². The van der Waals surface area contributed by atoms with Crippen LogP contribution in [0.25, 0.3) is 0 Å². The topological polar surface area (TPSA) is 29.5 Å². The maximum absolute atomic E-state index is 9.00. The van der Waals surface area contributed by atoms with Crippen molar-refractivity contribution < 1.29 is 9.84 Å². The lowest BCUT2D eigenvalue weighted by Crippen LogP contribution is -2.26. The van der Waals surface area contributed by atoms with Gasteiger partial charge in [0, 0.05) is 6.61 Å². The molecule has 0 aliphatic carbocycles. The third kappa shape index (κ3) is 1.46. The molecule has 1 fully saturated rings. The number of aliphatic hydroxyl groups excluding tert-OH is 1. The molecular weight excluding hydrogens is 104 g/mol. The fourth-order valence-corrected chi connectivity index (χ4v) is 0.974. The fourth-order valence-electron chi connectivity index (χ4n) is 0.974. The number of hydrogen-bond donors (Lipinski definition) is 1. The molecule has 0 aromatic rings. The van der Waals surface area contributed by atoms with Crippen LogP contribution in [0, 0.1) is 0 Å². The van der Waals surface area contributed by atoms with Gasteiger partial charge in [-0.05, 0) is 19.8 Å². The minimum Gasteiger partial charge on any atom is -0.393 e. The lowest BCUT2D eigenvalue weighted by molar-refractivity contribution is -0.0340. The van der Waals surface area contributed by atoms with Gasteiger partial charge in [-0.1, -0.05) is 0 Å². The molecule has 2 heteroatoms. The van der Waals surface area contributed by atoms with Crippen LogP contribution in [-0.2, 0) is 4.74 Å². The van der Waals surface area contributed by atoms with E-state index < -0.39 is 0 Å². The number of aliphatic hydroxyl groups is 1. The Kier molecular flexibility index (Phi) is 1.86. The summed E-state index contributed by atoms with van der Waals surface area (Å²) in [5.41, 5.74) is 0. The molecule has 0 radical (unpaired) electrons. The maximum Gasteiger partial charge on any atom is 0.0586 e. The second-order valence-electron chi connectivity index (χ2n) is 2.36. The molecule has 0 bridgehead atoms. The summed E-state index contributed by atoms with van der Waals surface area (Å²) < 4.78 is 5.19. The van der Waals surface area contributed by atoms with Crippen molar-refractivity contribution in [2.45, 2.75) is 32.0 Å². The van der Waals surface area contributed by atoms with E-state index in [4.69, 9.17) is 9.84 Å². The highest BCUT2D eigenvalue weighted by molar-refractivity contribution is 4.65. The van der Waals surface area contributed by atoms with Gasteiger partial charge in [-0.2, -0.15) is 0 Å². The number of rotatable bonds is 0. The zero-order valence-corrected chi connectivity index (χ0v) is 5.13. The molecule has 0 amide bonds. The Hall–Kier alpha value is -0.0800. The highest BCUT2D eigenvalue weighted by Crippen LogP contribution is 2.11. The van der Waals surface area contributed by atoms with Crippen LogP contribution in [0.5, 0.6) is 0 Å². The fraction of sp³-hybridized carbons (Fsp3) is 1.00.